The van der Waals surface area contributed by atoms with Crippen LogP contribution < -0.4 is 0 Å². The molecule has 1 saturated heterocycles. The number of hydrogen-bond donors (Lipinski definition) is 1. The molecule has 1 atom stereocenters. The summed E-state index contributed by atoms with van der Waals surface area (Å²) < 4.78 is 0. The lowest BCUT2D eigenvalue weighted by atomic mass is 10.1. The number of nitrogens with zero attached hydrogens (tertiary/aromatic N) is 2. The van der Waals surface area contributed by atoms with Crippen molar-refractivity contribution in [3.63, 3.8) is 0 Å². The Kier molecular flexibility index (Phi) is 5.01. The third kappa shape index (κ3) is 3.69. The molecule has 4 nitrogen and oxygen atoms in total. The van der Waals surface area contributed by atoms with Gasteiger partial charge in [0.15, 0.2) is 0 Å². The molecule has 1 unspecified atom stereocenters. The Bertz CT molecular complexity index is 275. The van der Waals surface area contributed by atoms with Gasteiger partial charge in [0.1, 0.15) is 0 Å². The fourth-order valence-electron chi connectivity index (χ4n) is 3.42. The first-order valence-corrected chi connectivity index (χ1v) is 7.33. The van der Waals surface area contributed by atoms with Gasteiger partial charge in [-0.05, 0) is 26.3 Å². The Labute approximate surface area is 110 Å². The number of carbonyl (C=O) groups is 1. The summed E-state index contributed by atoms with van der Waals surface area (Å²) in [4.78, 5) is 15.3. The molecule has 1 heterocycles. The summed E-state index contributed by atoms with van der Waals surface area (Å²) in [6.07, 6.45) is 9.35. The first-order chi connectivity index (χ1) is 8.66. The second-order valence-corrected chi connectivity index (χ2v) is 5.89. The summed E-state index contributed by atoms with van der Waals surface area (Å²) in [6.45, 7) is 2.39. The number of likely N-dealkylation sites (N-methyl/N-ethyl adjacent to an activating group) is 1. The number of carboxylic acids is 1. The van der Waals surface area contributed by atoms with Crippen LogP contribution in [0.1, 0.15) is 44.9 Å². The van der Waals surface area contributed by atoms with E-state index >= 15 is 0 Å². The molecule has 2 aliphatic rings. The van der Waals surface area contributed by atoms with Crippen molar-refractivity contribution in [3.8, 4) is 0 Å². The molecular formula is C14H26N2O2. The molecule has 0 radical (unpaired) electrons. The predicted molar refractivity (Wildman–Crippen MR) is 71.7 cm³/mol. The highest BCUT2D eigenvalue weighted by atomic mass is 16.4. The molecular weight excluding hydrogens is 228 g/mol. The molecule has 0 bridgehead atoms. The van der Waals surface area contributed by atoms with Crippen molar-refractivity contribution >= 4 is 5.97 Å². The van der Waals surface area contributed by atoms with Crippen molar-refractivity contribution in [3.05, 3.63) is 0 Å². The smallest absolute Gasteiger partial charge is 0.317 e. The van der Waals surface area contributed by atoms with Crippen LogP contribution in [0.25, 0.3) is 0 Å². The summed E-state index contributed by atoms with van der Waals surface area (Å²) in [5.41, 5.74) is 0. The van der Waals surface area contributed by atoms with Gasteiger partial charge < -0.3 is 5.11 Å². The maximum Gasteiger partial charge on any atom is 0.317 e. The van der Waals surface area contributed by atoms with Gasteiger partial charge in [0.05, 0.1) is 6.54 Å². The minimum Gasteiger partial charge on any atom is -0.480 e. The van der Waals surface area contributed by atoms with Crippen LogP contribution in [0.4, 0.5) is 0 Å². The quantitative estimate of drug-likeness (QED) is 0.777. The molecule has 0 aromatic carbocycles. The summed E-state index contributed by atoms with van der Waals surface area (Å²) >= 11 is 0. The minimum absolute atomic E-state index is 0.170. The van der Waals surface area contributed by atoms with Crippen molar-refractivity contribution in [2.75, 3.05) is 26.7 Å². The predicted octanol–water partition coefficient (Wildman–Crippen LogP) is 1.80. The average Bonchev–Trinajstić information content (AvgIpc) is 2.65. The van der Waals surface area contributed by atoms with Gasteiger partial charge in [-0.3, -0.25) is 14.6 Å². The van der Waals surface area contributed by atoms with Gasteiger partial charge in [0.2, 0.25) is 0 Å². The fourth-order valence-corrected chi connectivity index (χ4v) is 3.42. The van der Waals surface area contributed by atoms with Crippen LogP contribution in [-0.4, -0.2) is 59.6 Å². The standard InChI is InChI=1S/C14H26N2O2/c1-15(11-14(17)18)13-8-9-16(10-13)12-6-4-2-3-5-7-12/h12-13H,2-11H2,1H3,(H,17,18). The topological polar surface area (TPSA) is 43.8 Å². The Morgan fingerprint density at radius 1 is 1.22 bits per heavy atom. The van der Waals surface area contributed by atoms with Gasteiger partial charge in [-0.15, -0.1) is 0 Å². The van der Waals surface area contributed by atoms with Gasteiger partial charge >= 0.3 is 5.97 Å². The van der Waals surface area contributed by atoms with E-state index in [0.717, 1.165) is 25.6 Å². The molecule has 4 heteroatoms. The largest absolute Gasteiger partial charge is 0.480 e. The SMILES string of the molecule is CN(CC(=O)O)C1CCN(C2CCCCCC2)C1. The normalized spacial score (nSPS) is 27.6. The van der Waals surface area contributed by atoms with E-state index in [2.05, 4.69) is 4.90 Å². The van der Waals surface area contributed by atoms with E-state index < -0.39 is 5.97 Å². The number of hydrogen-bond acceptors (Lipinski definition) is 3. The molecule has 0 aromatic heterocycles. The molecule has 0 aromatic rings. The van der Waals surface area contributed by atoms with Gasteiger partial charge in [0, 0.05) is 25.2 Å². The zero-order valence-corrected chi connectivity index (χ0v) is 11.5. The summed E-state index contributed by atoms with van der Waals surface area (Å²) in [5, 5.41) is 8.84. The third-order valence-electron chi connectivity index (χ3n) is 4.54. The van der Waals surface area contributed by atoms with E-state index in [1.807, 2.05) is 11.9 Å². The van der Waals surface area contributed by atoms with Gasteiger partial charge in [-0.1, -0.05) is 25.7 Å². The maximum atomic E-state index is 10.7. The second kappa shape index (κ2) is 6.53. The van der Waals surface area contributed by atoms with Crippen LogP contribution in [0.2, 0.25) is 0 Å². The molecule has 1 saturated carbocycles. The monoisotopic (exact) mass is 254 g/mol. The van der Waals surface area contributed by atoms with Crippen LogP contribution >= 0.6 is 0 Å². The summed E-state index contributed by atoms with van der Waals surface area (Å²) in [5.74, 6) is -0.717. The first kappa shape index (κ1) is 13.8. The van der Waals surface area contributed by atoms with Gasteiger partial charge in [-0.25, -0.2) is 0 Å². The lowest BCUT2D eigenvalue weighted by Crippen LogP contribution is -2.40. The lowest BCUT2D eigenvalue weighted by molar-refractivity contribution is -0.138. The van der Waals surface area contributed by atoms with E-state index in [-0.39, 0.29) is 6.54 Å². The Hall–Kier alpha value is -0.610. The molecule has 1 aliphatic carbocycles. The van der Waals surface area contributed by atoms with Crippen molar-refractivity contribution in [2.45, 2.75) is 57.0 Å². The fraction of sp³-hybridized carbons (Fsp3) is 0.929. The molecule has 1 N–H and O–H groups in total. The van der Waals surface area contributed by atoms with E-state index in [4.69, 9.17) is 5.11 Å². The van der Waals surface area contributed by atoms with Gasteiger partial charge in [-0.2, -0.15) is 0 Å². The van der Waals surface area contributed by atoms with Crippen LogP contribution in [0, 0.1) is 0 Å². The van der Waals surface area contributed by atoms with Crippen LogP contribution in [-0.2, 0) is 4.79 Å². The molecule has 1 aliphatic heterocycles. The highest BCUT2D eigenvalue weighted by molar-refractivity contribution is 5.69. The Morgan fingerprint density at radius 3 is 2.50 bits per heavy atom. The molecule has 0 spiro atoms. The number of carboxylic acid groups (broad SMARTS) is 1. The van der Waals surface area contributed by atoms with Crippen molar-refractivity contribution in [1.29, 1.82) is 0 Å². The van der Waals surface area contributed by atoms with Crippen molar-refractivity contribution in [2.24, 2.45) is 0 Å². The zero-order chi connectivity index (χ0) is 13.0. The highest BCUT2D eigenvalue weighted by Gasteiger charge is 2.30. The highest BCUT2D eigenvalue weighted by Crippen LogP contribution is 2.26. The van der Waals surface area contributed by atoms with Crippen LogP contribution in [0.3, 0.4) is 0 Å². The van der Waals surface area contributed by atoms with Crippen LogP contribution in [0.15, 0.2) is 0 Å². The average molecular weight is 254 g/mol. The maximum absolute atomic E-state index is 10.7. The lowest BCUT2D eigenvalue weighted by Gasteiger charge is -2.28. The molecule has 2 fully saturated rings. The van der Waals surface area contributed by atoms with E-state index in [9.17, 15) is 4.79 Å². The zero-order valence-electron chi connectivity index (χ0n) is 11.5. The van der Waals surface area contributed by atoms with E-state index in [1.54, 1.807) is 0 Å². The molecule has 2 rings (SSSR count). The minimum atomic E-state index is -0.717. The van der Waals surface area contributed by atoms with E-state index in [1.165, 1.54) is 38.5 Å². The number of aliphatic carboxylic acids is 1. The summed E-state index contributed by atoms with van der Waals surface area (Å²) in [6, 6.07) is 1.19. The Balaban J connectivity index is 1.81. The molecule has 104 valence electrons. The molecule has 0 amide bonds. The van der Waals surface area contributed by atoms with E-state index in [0.29, 0.717) is 6.04 Å². The van der Waals surface area contributed by atoms with Gasteiger partial charge in [0.25, 0.3) is 0 Å². The number of likely N-dealkylation sites (tertiary alicyclic amines) is 1. The third-order valence-corrected chi connectivity index (χ3v) is 4.54. The summed E-state index contributed by atoms with van der Waals surface area (Å²) in [7, 11) is 1.94. The molecule has 18 heavy (non-hydrogen) atoms. The van der Waals surface area contributed by atoms with Crippen molar-refractivity contribution < 1.29 is 9.90 Å². The second-order valence-electron chi connectivity index (χ2n) is 5.89. The van der Waals surface area contributed by atoms with Crippen LogP contribution in [0.5, 0.6) is 0 Å². The number of rotatable bonds is 4. The Morgan fingerprint density at radius 2 is 1.89 bits per heavy atom. The first-order valence-electron chi connectivity index (χ1n) is 7.33. The van der Waals surface area contributed by atoms with Crippen molar-refractivity contribution in [1.82, 2.24) is 9.80 Å².